The maximum Gasteiger partial charge on any atom is 0.252 e. The molecular formula is C16H15ClFNO2. The van der Waals surface area contributed by atoms with Gasteiger partial charge in [0.2, 0.25) is 0 Å². The van der Waals surface area contributed by atoms with Gasteiger partial charge in [-0.3, -0.25) is 4.79 Å². The van der Waals surface area contributed by atoms with Gasteiger partial charge in [0.25, 0.3) is 5.91 Å². The van der Waals surface area contributed by atoms with Crippen molar-refractivity contribution in [2.24, 2.45) is 0 Å². The van der Waals surface area contributed by atoms with Crippen molar-refractivity contribution < 1.29 is 14.3 Å². The van der Waals surface area contributed by atoms with E-state index in [1.54, 1.807) is 0 Å². The van der Waals surface area contributed by atoms with Crippen LogP contribution in [0.5, 0.6) is 0 Å². The Kier molecular flexibility index (Phi) is 5.31. The number of aliphatic hydroxyl groups excluding tert-OH is 1. The van der Waals surface area contributed by atoms with Crippen molar-refractivity contribution in [2.45, 2.75) is 12.5 Å². The van der Waals surface area contributed by atoms with Gasteiger partial charge in [-0.2, -0.15) is 0 Å². The highest BCUT2D eigenvalue weighted by Crippen LogP contribution is 2.20. The van der Waals surface area contributed by atoms with E-state index in [1.165, 1.54) is 18.2 Å². The molecule has 0 radical (unpaired) electrons. The van der Waals surface area contributed by atoms with E-state index in [2.05, 4.69) is 5.32 Å². The lowest BCUT2D eigenvalue weighted by Crippen LogP contribution is -2.26. The van der Waals surface area contributed by atoms with Crippen molar-refractivity contribution in [1.82, 2.24) is 5.32 Å². The average Bonchev–Trinajstić information content (AvgIpc) is 2.50. The van der Waals surface area contributed by atoms with E-state index in [-0.39, 0.29) is 17.1 Å². The first kappa shape index (κ1) is 15.5. The van der Waals surface area contributed by atoms with E-state index in [9.17, 15) is 14.3 Å². The summed E-state index contributed by atoms with van der Waals surface area (Å²) in [5, 5.41) is 12.4. The maximum atomic E-state index is 13.3. The van der Waals surface area contributed by atoms with Gasteiger partial charge < -0.3 is 10.4 Å². The Morgan fingerprint density at radius 1 is 1.19 bits per heavy atom. The van der Waals surface area contributed by atoms with Crippen LogP contribution < -0.4 is 5.32 Å². The van der Waals surface area contributed by atoms with Crippen LogP contribution in [-0.4, -0.2) is 17.6 Å². The minimum atomic E-state index is -0.658. The molecule has 1 amide bonds. The molecule has 0 saturated carbocycles. The third-order valence-electron chi connectivity index (χ3n) is 3.08. The monoisotopic (exact) mass is 307 g/mol. The van der Waals surface area contributed by atoms with Gasteiger partial charge in [-0.15, -0.1) is 0 Å². The predicted octanol–water partition coefficient (Wildman–Crippen LogP) is 3.33. The first-order valence-electron chi connectivity index (χ1n) is 6.55. The van der Waals surface area contributed by atoms with E-state index in [0.29, 0.717) is 6.42 Å². The largest absolute Gasteiger partial charge is 0.388 e. The number of benzene rings is 2. The summed E-state index contributed by atoms with van der Waals surface area (Å²) in [6, 6.07) is 13.2. The zero-order chi connectivity index (χ0) is 15.2. The molecule has 3 nitrogen and oxygen atoms in total. The molecule has 21 heavy (non-hydrogen) atoms. The molecule has 1 unspecified atom stereocenters. The molecule has 1 atom stereocenters. The summed E-state index contributed by atoms with van der Waals surface area (Å²) in [5.41, 5.74) is 0.876. The van der Waals surface area contributed by atoms with Crippen molar-refractivity contribution in [3.63, 3.8) is 0 Å². The Morgan fingerprint density at radius 3 is 2.62 bits per heavy atom. The van der Waals surface area contributed by atoms with Gasteiger partial charge in [0.1, 0.15) is 5.82 Å². The van der Waals surface area contributed by atoms with Gasteiger partial charge in [-0.05, 0) is 24.1 Å². The summed E-state index contributed by atoms with van der Waals surface area (Å²) in [4.78, 5) is 11.9. The molecule has 0 spiro atoms. The fraction of sp³-hybridized carbons (Fsp3) is 0.188. The number of hydrogen-bond donors (Lipinski definition) is 2. The van der Waals surface area contributed by atoms with Crippen molar-refractivity contribution >= 4 is 17.5 Å². The second kappa shape index (κ2) is 7.20. The topological polar surface area (TPSA) is 49.3 Å². The minimum absolute atomic E-state index is 0.0888. The highest BCUT2D eigenvalue weighted by molar-refractivity contribution is 6.34. The van der Waals surface area contributed by atoms with Crippen LogP contribution >= 0.6 is 11.6 Å². The van der Waals surface area contributed by atoms with Gasteiger partial charge in [0, 0.05) is 6.54 Å². The number of halogens is 2. The minimum Gasteiger partial charge on any atom is -0.388 e. The van der Waals surface area contributed by atoms with Gasteiger partial charge in [0.05, 0.1) is 16.7 Å². The molecule has 0 fully saturated rings. The highest BCUT2D eigenvalue weighted by atomic mass is 35.5. The summed E-state index contributed by atoms with van der Waals surface area (Å²) >= 11 is 5.74. The SMILES string of the molecule is O=C(NCCC(O)c1ccccc1)c1cccc(F)c1Cl. The molecule has 0 aliphatic carbocycles. The molecule has 2 aromatic rings. The van der Waals surface area contributed by atoms with Crippen LogP contribution in [0.25, 0.3) is 0 Å². The highest BCUT2D eigenvalue weighted by Gasteiger charge is 2.14. The Balaban J connectivity index is 1.89. The molecule has 0 heterocycles. The van der Waals surface area contributed by atoms with Gasteiger partial charge in [-0.25, -0.2) is 4.39 Å². The maximum absolute atomic E-state index is 13.3. The third-order valence-corrected chi connectivity index (χ3v) is 3.47. The van der Waals surface area contributed by atoms with Crippen LogP contribution in [0.1, 0.15) is 28.4 Å². The van der Waals surface area contributed by atoms with Crippen LogP contribution in [-0.2, 0) is 0 Å². The normalized spacial score (nSPS) is 12.0. The van der Waals surface area contributed by atoms with Crippen molar-refractivity contribution in [1.29, 1.82) is 0 Å². The van der Waals surface area contributed by atoms with Crippen LogP contribution in [0, 0.1) is 5.82 Å². The number of amides is 1. The number of carbonyl (C=O) groups excluding carboxylic acids is 1. The number of hydrogen-bond acceptors (Lipinski definition) is 2. The van der Waals surface area contributed by atoms with Crippen molar-refractivity contribution in [3.05, 3.63) is 70.5 Å². The van der Waals surface area contributed by atoms with Crippen LogP contribution in [0.2, 0.25) is 5.02 Å². The summed E-state index contributed by atoms with van der Waals surface area (Å²) in [6.45, 7) is 0.266. The zero-order valence-electron chi connectivity index (χ0n) is 11.2. The van der Waals surface area contributed by atoms with E-state index in [1.807, 2.05) is 30.3 Å². The molecule has 2 N–H and O–H groups in total. The predicted molar refractivity (Wildman–Crippen MR) is 79.8 cm³/mol. The first-order chi connectivity index (χ1) is 10.1. The number of aliphatic hydroxyl groups is 1. The van der Waals surface area contributed by atoms with Crippen LogP contribution in [0.3, 0.4) is 0 Å². The lowest BCUT2D eigenvalue weighted by molar-refractivity contribution is 0.0942. The lowest BCUT2D eigenvalue weighted by Gasteiger charge is -2.12. The number of carbonyl (C=O) groups is 1. The van der Waals surface area contributed by atoms with Gasteiger partial charge >= 0.3 is 0 Å². The molecule has 0 aromatic heterocycles. The van der Waals surface area contributed by atoms with Crippen LogP contribution in [0.15, 0.2) is 48.5 Å². The number of nitrogens with one attached hydrogen (secondary N) is 1. The smallest absolute Gasteiger partial charge is 0.252 e. The second-order valence-electron chi connectivity index (χ2n) is 4.57. The Hall–Kier alpha value is -1.91. The molecule has 0 saturated heterocycles. The van der Waals surface area contributed by atoms with E-state index >= 15 is 0 Å². The summed E-state index contributed by atoms with van der Waals surface area (Å²) in [6.07, 6.45) is -0.294. The molecule has 110 valence electrons. The van der Waals surface area contributed by atoms with E-state index in [0.717, 1.165) is 5.56 Å². The summed E-state index contributed by atoms with van der Waals surface area (Å²) in [7, 11) is 0. The second-order valence-corrected chi connectivity index (χ2v) is 4.95. The standard InChI is InChI=1S/C16H15ClFNO2/c17-15-12(7-4-8-13(15)18)16(21)19-10-9-14(20)11-5-2-1-3-6-11/h1-8,14,20H,9-10H2,(H,19,21). The van der Waals surface area contributed by atoms with E-state index < -0.39 is 17.8 Å². The fourth-order valence-corrected chi connectivity index (χ4v) is 2.15. The van der Waals surface area contributed by atoms with E-state index in [4.69, 9.17) is 11.6 Å². The summed E-state index contributed by atoms with van der Waals surface area (Å²) < 4.78 is 13.3. The molecule has 2 rings (SSSR count). The summed E-state index contributed by atoms with van der Waals surface area (Å²) in [5.74, 6) is -1.09. The Bertz CT molecular complexity index is 619. The Labute approximate surface area is 127 Å². The zero-order valence-corrected chi connectivity index (χ0v) is 12.0. The molecule has 0 aliphatic heterocycles. The molecule has 0 bridgehead atoms. The molecular weight excluding hydrogens is 293 g/mol. The Morgan fingerprint density at radius 2 is 1.90 bits per heavy atom. The van der Waals surface area contributed by atoms with Crippen molar-refractivity contribution in [3.8, 4) is 0 Å². The first-order valence-corrected chi connectivity index (χ1v) is 6.92. The quantitative estimate of drug-likeness (QED) is 0.890. The van der Waals surface area contributed by atoms with Crippen molar-refractivity contribution in [2.75, 3.05) is 6.54 Å². The lowest BCUT2D eigenvalue weighted by atomic mass is 10.1. The van der Waals surface area contributed by atoms with Crippen LogP contribution in [0.4, 0.5) is 4.39 Å². The third kappa shape index (κ3) is 4.03. The molecule has 2 aromatic carbocycles. The average molecular weight is 308 g/mol. The fourth-order valence-electron chi connectivity index (χ4n) is 1.94. The van der Waals surface area contributed by atoms with Gasteiger partial charge in [-0.1, -0.05) is 48.0 Å². The molecule has 5 heteroatoms. The molecule has 0 aliphatic rings. The number of rotatable bonds is 5. The van der Waals surface area contributed by atoms with Gasteiger partial charge in [0.15, 0.2) is 0 Å².